The molecular weight excluding hydrogens is 538 g/mol. The predicted molar refractivity (Wildman–Crippen MR) is 161 cm³/mol. The lowest BCUT2D eigenvalue weighted by Crippen LogP contribution is -2.64. The molecule has 0 aromatic heterocycles. The fourth-order valence-electron chi connectivity index (χ4n) is 4.37. The van der Waals surface area contributed by atoms with Crippen molar-refractivity contribution in [2.45, 2.75) is 58.9 Å². The third kappa shape index (κ3) is 10.6. The summed E-state index contributed by atoms with van der Waals surface area (Å²) in [5, 5.41) is 9.93. The molecule has 0 radical (unpaired) electrons. The van der Waals surface area contributed by atoms with Crippen molar-refractivity contribution in [2.24, 2.45) is 11.8 Å². The number of benzene rings is 1. The number of halogens is 1. The third-order valence-electron chi connectivity index (χ3n) is 6.43. The highest BCUT2D eigenvalue weighted by Gasteiger charge is 2.50. The summed E-state index contributed by atoms with van der Waals surface area (Å²) in [5.74, 6) is -1.77. The van der Waals surface area contributed by atoms with Crippen molar-refractivity contribution in [1.29, 1.82) is 5.26 Å². The Kier molecular flexibility index (Phi) is 14.8. The van der Waals surface area contributed by atoms with Crippen molar-refractivity contribution in [1.82, 2.24) is 15.1 Å². The van der Waals surface area contributed by atoms with Gasteiger partial charge in [-0.2, -0.15) is 5.26 Å². The maximum absolute atomic E-state index is 13.3. The number of nitriles is 1. The number of anilines is 2. The summed E-state index contributed by atoms with van der Waals surface area (Å²) in [5.41, 5.74) is 1.76. The van der Waals surface area contributed by atoms with Crippen LogP contribution >= 0.6 is 22.1 Å². The van der Waals surface area contributed by atoms with Crippen LogP contribution in [0.3, 0.4) is 0 Å². The van der Waals surface area contributed by atoms with E-state index in [0.29, 0.717) is 13.1 Å². The zero-order valence-electron chi connectivity index (χ0n) is 23.9. The number of carbonyl (C=O) groups excluding carboxylic acids is 3. The number of rotatable bonds is 13. The minimum Gasteiger partial charge on any atom is -0.351 e. The van der Waals surface area contributed by atoms with Gasteiger partial charge >= 0.3 is 0 Å². The molecule has 2 N–H and O–H groups in total. The maximum Gasteiger partial charge on any atom is 0.240 e. The summed E-state index contributed by atoms with van der Waals surface area (Å²) in [6.45, 7) is 11.8. The second-order valence-corrected chi connectivity index (χ2v) is 11.3. The molecule has 1 aromatic carbocycles. The zero-order chi connectivity index (χ0) is 29.8. The molecule has 9 nitrogen and oxygen atoms in total. The maximum atomic E-state index is 13.3. The smallest absolute Gasteiger partial charge is 0.240 e. The number of alkyl halides is 1. The Morgan fingerprint density at radius 3 is 2.38 bits per heavy atom. The number of thiol groups is 1. The monoisotopic (exact) mass is 582 g/mol. The first kappa shape index (κ1) is 34.6. The van der Waals surface area contributed by atoms with Crippen molar-refractivity contribution in [3.63, 3.8) is 0 Å². The van der Waals surface area contributed by atoms with Gasteiger partial charge in [-0.05, 0) is 58.0 Å². The normalized spacial score (nSPS) is 18.6. The molecule has 0 bridgehead atoms. The van der Waals surface area contributed by atoms with E-state index in [1.807, 2.05) is 46.6 Å². The summed E-state index contributed by atoms with van der Waals surface area (Å²) >= 11 is 4.03. The Labute approximate surface area is 240 Å². The summed E-state index contributed by atoms with van der Waals surface area (Å²) in [4.78, 5) is 41.3. The Bertz CT molecular complexity index is 996. The van der Waals surface area contributed by atoms with Gasteiger partial charge in [-0.3, -0.25) is 19.3 Å². The van der Waals surface area contributed by atoms with Crippen LogP contribution < -0.4 is 14.9 Å². The summed E-state index contributed by atoms with van der Waals surface area (Å²) in [6.07, 6.45) is 2.13. The topological polar surface area (TPSA) is 109 Å². The van der Waals surface area contributed by atoms with Crippen LogP contribution in [-0.4, -0.2) is 78.7 Å². The Hall–Kier alpha value is -2.41. The first-order valence-corrected chi connectivity index (χ1v) is 14.3. The van der Waals surface area contributed by atoms with Crippen LogP contribution in [0.4, 0.5) is 15.8 Å². The molecule has 0 aliphatic carbocycles. The van der Waals surface area contributed by atoms with Gasteiger partial charge in [-0.1, -0.05) is 48.9 Å². The van der Waals surface area contributed by atoms with Crippen molar-refractivity contribution in [2.75, 3.05) is 49.4 Å². The Morgan fingerprint density at radius 2 is 1.90 bits per heavy atom. The molecule has 1 aliphatic rings. The average molecular weight is 583 g/mol. The number of carbonyl (C=O) groups is 3. The zero-order valence-corrected chi connectivity index (χ0v) is 26.0. The van der Waals surface area contributed by atoms with Crippen molar-refractivity contribution in [3.05, 3.63) is 24.3 Å². The van der Waals surface area contributed by atoms with Crippen LogP contribution in [0.15, 0.2) is 24.3 Å². The molecule has 5 unspecified atom stereocenters. The molecule has 1 fully saturated rings. The molecule has 0 spiro atoms. The van der Waals surface area contributed by atoms with Gasteiger partial charge in [0.15, 0.2) is 0 Å². The molecule has 1 aliphatic heterocycles. The van der Waals surface area contributed by atoms with Gasteiger partial charge in [0.25, 0.3) is 0 Å². The highest BCUT2D eigenvalue weighted by molar-refractivity contribution is 7.81. The second kappa shape index (κ2) is 16.6. The van der Waals surface area contributed by atoms with Crippen LogP contribution in [0.2, 0.25) is 0 Å². The average Bonchev–Trinajstić information content (AvgIpc) is 2.91. The molecule has 1 aromatic rings. The van der Waals surface area contributed by atoms with Crippen LogP contribution in [0, 0.1) is 23.2 Å². The lowest BCUT2D eigenvalue weighted by atomic mass is 9.80. The quantitative estimate of drug-likeness (QED) is 0.186. The summed E-state index contributed by atoms with van der Waals surface area (Å²) in [7, 11) is 3.79. The number of amides is 3. The van der Waals surface area contributed by atoms with E-state index in [-0.39, 0.29) is 24.3 Å². The van der Waals surface area contributed by atoms with Gasteiger partial charge < -0.3 is 19.8 Å². The van der Waals surface area contributed by atoms with Gasteiger partial charge in [-0.15, -0.1) is 0 Å². The van der Waals surface area contributed by atoms with E-state index in [2.05, 4.69) is 41.6 Å². The molecule has 12 heteroatoms. The first-order valence-electron chi connectivity index (χ1n) is 13.3. The SMILES string of the molecule is CCCN(CCC)CC(=O)N(C)c1cccc(NS)c1.CCN1C(=O)C(C)C1C(C#N)C(=O)NCC(C)(F)P. The van der Waals surface area contributed by atoms with E-state index < -0.39 is 23.3 Å². The Morgan fingerprint density at radius 1 is 1.28 bits per heavy atom. The number of likely N-dealkylation sites (N-methyl/N-ethyl adjacent to an activating group) is 1. The predicted octanol–water partition coefficient (Wildman–Crippen LogP) is 3.70. The summed E-state index contributed by atoms with van der Waals surface area (Å²) in [6, 6.07) is 9.16. The fraction of sp³-hybridized carbons (Fsp3) is 0.630. The highest BCUT2D eigenvalue weighted by atomic mass is 32.1. The van der Waals surface area contributed by atoms with Crippen LogP contribution in [0.1, 0.15) is 47.5 Å². The lowest BCUT2D eigenvalue weighted by molar-refractivity contribution is -0.158. The van der Waals surface area contributed by atoms with Crippen LogP contribution in [0.5, 0.6) is 0 Å². The van der Waals surface area contributed by atoms with E-state index in [1.165, 1.54) is 11.8 Å². The van der Waals surface area contributed by atoms with Gasteiger partial charge in [0.05, 0.1) is 31.1 Å². The number of hydrogen-bond donors (Lipinski definition) is 3. The van der Waals surface area contributed by atoms with E-state index in [1.54, 1.807) is 18.7 Å². The number of β-lactam (4-membered cyclic amide) rings is 1. The van der Waals surface area contributed by atoms with Crippen LogP contribution in [0.25, 0.3) is 0 Å². The molecule has 2 rings (SSSR count). The van der Waals surface area contributed by atoms with E-state index in [4.69, 9.17) is 5.26 Å². The fourth-order valence-corrected chi connectivity index (χ4v) is 4.61. The number of nitrogens with zero attached hydrogens (tertiary/aromatic N) is 4. The Balaban J connectivity index is 0.000000391. The molecule has 39 heavy (non-hydrogen) atoms. The van der Waals surface area contributed by atoms with E-state index in [0.717, 1.165) is 37.3 Å². The molecular formula is C27H44FN6O3PS. The van der Waals surface area contributed by atoms with Gasteiger partial charge in [0.1, 0.15) is 11.3 Å². The van der Waals surface area contributed by atoms with Crippen molar-refractivity contribution in [3.8, 4) is 6.07 Å². The molecule has 0 saturated carbocycles. The largest absolute Gasteiger partial charge is 0.351 e. The standard InChI is InChI=1S/C15H25N3OS.C12H19FN3O2P/c1-4-9-18(10-5-2)12-15(19)17(3)14-8-6-7-13(11-14)16-20;1-4-16-9(7(2)11(16)18)8(5-14)10(17)15-6-12(3,13)19/h6-8,11,16,20H,4-5,9-10,12H2,1-3H3;7-9H,4,6,19H2,1-3H3,(H,15,17). The number of hydrogen-bond acceptors (Lipinski definition) is 7. The summed E-state index contributed by atoms with van der Waals surface area (Å²) < 4.78 is 16.1. The molecule has 3 amide bonds. The number of nitrogens with one attached hydrogen (secondary N) is 2. The van der Waals surface area contributed by atoms with Gasteiger partial charge in [0, 0.05) is 25.0 Å². The molecule has 5 atom stereocenters. The van der Waals surface area contributed by atoms with Gasteiger partial charge in [-0.25, -0.2) is 4.39 Å². The molecule has 218 valence electrons. The van der Waals surface area contributed by atoms with E-state index >= 15 is 0 Å². The van der Waals surface area contributed by atoms with Gasteiger partial charge in [0.2, 0.25) is 17.7 Å². The van der Waals surface area contributed by atoms with E-state index in [9.17, 15) is 18.8 Å². The minimum atomic E-state index is -1.61. The minimum absolute atomic E-state index is 0.0538. The van der Waals surface area contributed by atoms with Crippen LogP contribution in [-0.2, 0) is 14.4 Å². The lowest BCUT2D eigenvalue weighted by Gasteiger charge is -2.46. The third-order valence-corrected chi connectivity index (χ3v) is 6.89. The highest BCUT2D eigenvalue weighted by Crippen LogP contribution is 2.32. The second-order valence-electron chi connectivity index (χ2n) is 9.90. The molecule has 1 saturated heterocycles. The molecule has 1 heterocycles. The van der Waals surface area contributed by atoms with Crippen molar-refractivity contribution >= 4 is 51.2 Å². The first-order chi connectivity index (χ1) is 18.3. The van der Waals surface area contributed by atoms with Crippen molar-refractivity contribution < 1.29 is 18.8 Å². The number of likely N-dealkylation sites (tertiary alicyclic amines) is 1.